The van der Waals surface area contributed by atoms with Crippen LogP contribution in [0.25, 0.3) is 10.9 Å². The highest BCUT2D eigenvalue weighted by atomic mass is 35.5. The van der Waals surface area contributed by atoms with Crippen LogP contribution in [0.4, 0.5) is 0 Å². The number of Topliss-reactive ketones (excluding diaryl/α,β-unsaturated/α-hetero) is 1. The largest absolute Gasteiger partial charge is 0.461 e. The molecule has 2 aromatic carbocycles. The van der Waals surface area contributed by atoms with E-state index in [-0.39, 0.29) is 18.4 Å². The van der Waals surface area contributed by atoms with E-state index in [1.807, 2.05) is 54.0 Å². The van der Waals surface area contributed by atoms with Crippen molar-refractivity contribution >= 4 is 34.3 Å². The third-order valence-electron chi connectivity index (χ3n) is 4.90. The van der Waals surface area contributed by atoms with Crippen molar-refractivity contribution in [3.05, 3.63) is 69.9 Å². The van der Waals surface area contributed by atoms with Crippen LogP contribution in [0.15, 0.2) is 42.5 Å². The average molecular weight is 398 g/mol. The average Bonchev–Trinajstić information content (AvgIpc) is 2.98. The zero-order valence-electron chi connectivity index (χ0n) is 16.4. The Morgan fingerprint density at radius 3 is 2.46 bits per heavy atom. The summed E-state index contributed by atoms with van der Waals surface area (Å²) in [5.41, 5.74) is 4.25. The van der Waals surface area contributed by atoms with Gasteiger partial charge in [0.15, 0.2) is 0 Å². The van der Waals surface area contributed by atoms with Crippen molar-refractivity contribution in [2.45, 2.75) is 40.2 Å². The fourth-order valence-corrected chi connectivity index (χ4v) is 3.74. The quantitative estimate of drug-likeness (QED) is 0.505. The Morgan fingerprint density at radius 2 is 1.82 bits per heavy atom. The first-order chi connectivity index (χ1) is 13.4. The first kappa shape index (κ1) is 20.2. The number of rotatable bonds is 7. The van der Waals surface area contributed by atoms with Gasteiger partial charge in [-0.05, 0) is 56.0 Å². The molecule has 4 nitrogen and oxygen atoms in total. The summed E-state index contributed by atoms with van der Waals surface area (Å²) >= 11 is 6.39. The lowest BCUT2D eigenvalue weighted by atomic mass is 10.0. The van der Waals surface area contributed by atoms with E-state index in [4.69, 9.17) is 16.3 Å². The number of carbonyl (C=O) groups is 2. The maximum atomic E-state index is 12.9. The monoisotopic (exact) mass is 397 g/mol. The van der Waals surface area contributed by atoms with Gasteiger partial charge in [0.05, 0.1) is 6.61 Å². The molecule has 0 aliphatic heterocycles. The number of ketones is 1. The Balaban J connectivity index is 2.28. The SMILES string of the molecule is CCOC(=O)c1c(CCC(C)=O)c2c(C)c(Cl)ccc2n1Cc1ccccc1. The van der Waals surface area contributed by atoms with Gasteiger partial charge in [0.2, 0.25) is 0 Å². The lowest BCUT2D eigenvalue weighted by Crippen LogP contribution is -2.15. The molecular formula is C23H24ClNO3. The molecule has 0 aliphatic carbocycles. The third-order valence-corrected chi connectivity index (χ3v) is 5.31. The van der Waals surface area contributed by atoms with Crippen LogP contribution >= 0.6 is 11.6 Å². The summed E-state index contributed by atoms with van der Waals surface area (Å²) in [6.07, 6.45) is 0.839. The van der Waals surface area contributed by atoms with Gasteiger partial charge in [-0.1, -0.05) is 41.9 Å². The lowest BCUT2D eigenvalue weighted by Gasteiger charge is -2.12. The molecule has 28 heavy (non-hydrogen) atoms. The molecule has 3 rings (SSSR count). The number of aryl methyl sites for hydroxylation is 2. The molecule has 0 aliphatic rings. The first-order valence-electron chi connectivity index (χ1n) is 9.44. The first-order valence-corrected chi connectivity index (χ1v) is 9.82. The van der Waals surface area contributed by atoms with Gasteiger partial charge in [-0.2, -0.15) is 0 Å². The van der Waals surface area contributed by atoms with Crippen molar-refractivity contribution in [3.63, 3.8) is 0 Å². The summed E-state index contributed by atoms with van der Waals surface area (Å²) in [6.45, 7) is 6.13. The maximum Gasteiger partial charge on any atom is 0.355 e. The van der Waals surface area contributed by atoms with E-state index < -0.39 is 0 Å². The molecule has 0 saturated carbocycles. The van der Waals surface area contributed by atoms with Crippen LogP contribution in [0, 0.1) is 6.92 Å². The maximum absolute atomic E-state index is 12.9. The Hall–Kier alpha value is -2.59. The Bertz CT molecular complexity index is 1020. The van der Waals surface area contributed by atoms with Crippen LogP contribution in [0.1, 0.15) is 47.4 Å². The minimum Gasteiger partial charge on any atom is -0.461 e. The van der Waals surface area contributed by atoms with Crippen molar-refractivity contribution in [2.75, 3.05) is 6.61 Å². The van der Waals surface area contributed by atoms with E-state index in [0.29, 0.717) is 30.1 Å². The number of carbonyl (C=O) groups excluding carboxylic acids is 2. The summed E-state index contributed by atoms with van der Waals surface area (Å²) in [7, 11) is 0. The second kappa shape index (κ2) is 8.61. The minimum atomic E-state index is -0.372. The van der Waals surface area contributed by atoms with Crippen LogP contribution in [0.5, 0.6) is 0 Å². The summed E-state index contributed by atoms with van der Waals surface area (Å²) in [4.78, 5) is 24.6. The van der Waals surface area contributed by atoms with Crippen molar-refractivity contribution in [3.8, 4) is 0 Å². The zero-order chi connectivity index (χ0) is 20.3. The number of hydrogen-bond donors (Lipinski definition) is 0. The van der Waals surface area contributed by atoms with E-state index in [2.05, 4.69) is 0 Å². The van der Waals surface area contributed by atoms with Gasteiger partial charge in [0, 0.05) is 28.9 Å². The molecule has 0 unspecified atom stereocenters. The van der Waals surface area contributed by atoms with Crippen molar-refractivity contribution in [1.29, 1.82) is 0 Å². The van der Waals surface area contributed by atoms with Crippen molar-refractivity contribution in [2.24, 2.45) is 0 Å². The number of hydrogen-bond acceptors (Lipinski definition) is 3. The highest BCUT2D eigenvalue weighted by Crippen LogP contribution is 2.34. The van der Waals surface area contributed by atoms with E-state index in [0.717, 1.165) is 27.6 Å². The van der Waals surface area contributed by atoms with Crippen molar-refractivity contribution < 1.29 is 14.3 Å². The second-order valence-electron chi connectivity index (χ2n) is 6.89. The number of nitrogens with zero attached hydrogens (tertiary/aromatic N) is 1. The Kier molecular flexibility index (Phi) is 6.20. The van der Waals surface area contributed by atoms with Crippen LogP contribution in [-0.4, -0.2) is 22.9 Å². The topological polar surface area (TPSA) is 48.3 Å². The van der Waals surface area contributed by atoms with Crippen LogP contribution in [0.2, 0.25) is 5.02 Å². The molecule has 146 valence electrons. The van der Waals surface area contributed by atoms with E-state index in [9.17, 15) is 9.59 Å². The smallest absolute Gasteiger partial charge is 0.355 e. The van der Waals surface area contributed by atoms with E-state index >= 15 is 0 Å². The fourth-order valence-electron chi connectivity index (χ4n) is 3.59. The number of halogens is 1. The molecule has 5 heteroatoms. The van der Waals surface area contributed by atoms with Gasteiger partial charge in [-0.25, -0.2) is 4.79 Å². The third kappa shape index (κ3) is 3.97. The van der Waals surface area contributed by atoms with Gasteiger partial charge in [0.1, 0.15) is 11.5 Å². The highest BCUT2D eigenvalue weighted by Gasteiger charge is 2.25. The number of esters is 1. The number of ether oxygens (including phenoxy) is 1. The summed E-state index contributed by atoms with van der Waals surface area (Å²) in [5, 5.41) is 1.58. The summed E-state index contributed by atoms with van der Waals surface area (Å²) in [6, 6.07) is 13.8. The second-order valence-corrected chi connectivity index (χ2v) is 7.30. The van der Waals surface area contributed by atoms with Gasteiger partial charge in [0.25, 0.3) is 0 Å². The fraction of sp³-hybridized carbons (Fsp3) is 0.304. The minimum absolute atomic E-state index is 0.0819. The predicted octanol–water partition coefficient (Wildman–Crippen LogP) is 5.35. The van der Waals surface area contributed by atoms with Gasteiger partial charge < -0.3 is 14.1 Å². The molecule has 1 aromatic heterocycles. The molecule has 0 fully saturated rings. The molecule has 0 N–H and O–H groups in total. The van der Waals surface area contributed by atoms with Gasteiger partial charge >= 0.3 is 5.97 Å². The zero-order valence-corrected chi connectivity index (χ0v) is 17.2. The molecule has 0 saturated heterocycles. The van der Waals surface area contributed by atoms with Gasteiger partial charge in [-0.3, -0.25) is 0 Å². The molecule has 0 spiro atoms. The predicted molar refractivity (Wildman–Crippen MR) is 112 cm³/mol. The molecule has 0 amide bonds. The Morgan fingerprint density at radius 1 is 1.11 bits per heavy atom. The lowest BCUT2D eigenvalue weighted by molar-refractivity contribution is -0.116. The van der Waals surface area contributed by atoms with E-state index in [1.54, 1.807) is 13.8 Å². The number of fused-ring (bicyclic) bond motifs is 1. The normalized spacial score (nSPS) is 11.0. The van der Waals surface area contributed by atoms with Crippen molar-refractivity contribution in [1.82, 2.24) is 4.57 Å². The molecule has 1 heterocycles. The van der Waals surface area contributed by atoms with Gasteiger partial charge in [-0.15, -0.1) is 0 Å². The van der Waals surface area contributed by atoms with E-state index in [1.165, 1.54) is 0 Å². The Labute approximate surface area is 170 Å². The standard InChI is InChI=1S/C23H24ClNO3/c1-4-28-23(27)22-18(11-10-15(2)26)21-16(3)19(24)12-13-20(21)25(22)14-17-8-6-5-7-9-17/h5-9,12-13H,4,10-11,14H2,1-3H3. The van der Waals surface area contributed by atoms with Crippen LogP contribution in [0.3, 0.4) is 0 Å². The van der Waals surface area contributed by atoms with Crippen LogP contribution in [-0.2, 0) is 22.5 Å². The molecule has 0 atom stereocenters. The number of benzene rings is 2. The van der Waals surface area contributed by atoms with Crippen LogP contribution < -0.4 is 0 Å². The highest BCUT2D eigenvalue weighted by molar-refractivity contribution is 6.32. The summed E-state index contributed by atoms with van der Waals surface area (Å²) in [5.74, 6) is -0.290. The molecule has 3 aromatic rings. The molecule has 0 radical (unpaired) electrons. The molecular weight excluding hydrogens is 374 g/mol. The number of aromatic nitrogens is 1. The molecule has 0 bridgehead atoms. The summed E-state index contributed by atoms with van der Waals surface area (Å²) < 4.78 is 7.36.